The van der Waals surface area contributed by atoms with E-state index in [0.717, 1.165) is 13.0 Å². The normalized spacial score (nSPS) is 15.7. The van der Waals surface area contributed by atoms with E-state index in [4.69, 9.17) is 0 Å². The third-order valence-electron chi connectivity index (χ3n) is 2.41. The molecule has 0 saturated carbocycles. The fraction of sp³-hybridized carbons (Fsp3) is 1.00. The number of rotatable bonds is 8. The zero-order valence-electron chi connectivity index (χ0n) is 9.34. The Morgan fingerprint density at radius 2 is 1.92 bits per heavy atom. The molecule has 2 atom stereocenters. The number of aliphatic hydroxyl groups is 1. The van der Waals surface area contributed by atoms with Crippen LogP contribution in [0, 0.1) is 0 Å². The van der Waals surface area contributed by atoms with Gasteiger partial charge in [0.1, 0.15) is 0 Å². The molecule has 0 saturated heterocycles. The van der Waals surface area contributed by atoms with E-state index in [1.807, 2.05) is 6.92 Å². The van der Waals surface area contributed by atoms with Crippen molar-refractivity contribution in [1.82, 2.24) is 5.32 Å². The first-order chi connectivity index (χ1) is 6.20. The van der Waals surface area contributed by atoms with E-state index in [0.29, 0.717) is 6.04 Å². The molecular formula is C11H25NO. The van der Waals surface area contributed by atoms with Crippen LogP contribution in [0.4, 0.5) is 0 Å². The van der Waals surface area contributed by atoms with E-state index in [9.17, 15) is 5.11 Å². The van der Waals surface area contributed by atoms with Crippen LogP contribution in [0.1, 0.15) is 52.9 Å². The predicted molar refractivity (Wildman–Crippen MR) is 57.9 cm³/mol. The Kier molecular flexibility index (Phi) is 8.46. The van der Waals surface area contributed by atoms with Gasteiger partial charge in [-0.05, 0) is 19.8 Å². The molecule has 0 amide bonds. The second-order valence-corrected chi connectivity index (χ2v) is 3.87. The molecule has 80 valence electrons. The summed E-state index contributed by atoms with van der Waals surface area (Å²) in [5, 5.41) is 12.7. The lowest BCUT2D eigenvalue weighted by atomic mass is 10.1. The van der Waals surface area contributed by atoms with Gasteiger partial charge in [0, 0.05) is 12.6 Å². The monoisotopic (exact) mass is 187 g/mol. The second kappa shape index (κ2) is 8.52. The molecule has 0 bridgehead atoms. The third-order valence-corrected chi connectivity index (χ3v) is 2.41. The summed E-state index contributed by atoms with van der Waals surface area (Å²) in [5.74, 6) is 0. The lowest BCUT2D eigenvalue weighted by molar-refractivity contribution is 0.163. The quantitative estimate of drug-likeness (QED) is 0.572. The fourth-order valence-corrected chi connectivity index (χ4v) is 1.28. The molecule has 2 heteroatoms. The summed E-state index contributed by atoms with van der Waals surface area (Å²) in [7, 11) is 0. The number of unbranched alkanes of at least 4 members (excludes halogenated alkanes) is 2. The average Bonchev–Trinajstić information content (AvgIpc) is 2.14. The van der Waals surface area contributed by atoms with Gasteiger partial charge in [0.2, 0.25) is 0 Å². The zero-order valence-corrected chi connectivity index (χ0v) is 9.34. The smallest absolute Gasteiger partial charge is 0.0662 e. The summed E-state index contributed by atoms with van der Waals surface area (Å²) in [6.45, 7) is 7.16. The maximum absolute atomic E-state index is 9.32. The van der Waals surface area contributed by atoms with Crippen LogP contribution < -0.4 is 5.32 Å². The summed E-state index contributed by atoms with van der Waals surface area (Å²) in [6.07, 6.45) is 5.80. The Hall–Kier alpha value is -0.0800. The van der Waals surface area contributed by atoms with Crippen molar-refractivity contribution in [2.75, 3.05) is 6.54 Å². The SMILES string of the molecule is CCCCCC(C)NCC(O)CC. The first kappa shape index (κ1) is 12.9. The molecule has 0 fully saturated rings. The molecule has 0 spiro atoms. The van der Waals surface area contributed by atoms with Crippen molar-refractivity contribution < 1.29 is 5.11 Å². The predicted octanol–water partition coefficient (Wildman–Crippen LogP) is 2.32. The molecule has 0 aliphatic rings. The van der Waals surface area contributed by atoms with Crippen LogP contribution in [0.15, 0.2) is 0 Å². The molecule has 0 rings (SSSR count). The standard InChI is InChI=1S/C11H25NO/c1-4-6-7-8-10(3)12-9-11(13)5-2/h10-13H,4-9H2,1-3H3. The third kappa shape index (κ3) is 8.26. The molecule has 2 nitrogen and oxygen atoms in total. The average molecular weight is 187 g/mol. The minimum Gasteiger partial charge on any atom is -0.392 e. The van der Waals surface area contributed by atoms with Crippen LogP contribution >= 0.6 is 0 Å². The van der Waals surface area contributed by atoms with Gasteiger partial charge in [-0.15, -0.1) is 0 Å². The van der Waals surface area contributed by atoms with Crippen molar-refractivity contribution >= 4 is 0 Å². The van der Waals surface area contributed by atoms with Crippen molar-refractivity contribution in [3.05, 3.63) is 0 Å². The summed E-state index contributed by atoms with van der Waals surface area (Å²) >= 11 is 0. The lowest BCUT2D eigenvalue weighted by Gasteiger charge is -2.15. The molecule has 0 aromatic heterocycles. The van der Waals surface area contributed by atoms with Gasteiger partial charge in [-0.3, -0.25) is 0 Å². The van der Waals surface area contributed by atoms with Crippen molar-refractivity contribution in [1.29, 1.82) is 0 Å². The second-order valence-electron chi connectivity index (χ2n) is 3.87. The topological polar surface area (TPSA) is 32.3 Å². The van der Waals surface area contributed by atoms with E-state index in [-0.39, 0.29) is 6.10 Å². The zero-order chi connectivity index (χ0) is 10.1. The van der Waals surface area contributed by atoms with Crippen LogP contribution in [-0.2, 0) is 0 Å². The Balaban J connectivity index is 3.24. The van der Waals surface area contributed by atoms with Crippen molar-refractivity contribution in [2.45, 2.75) is 65.0 Å². The van der Waals surface area contributed by atoms with Crippen LogP contribution in [0.3, 0.4) is 0 Å². The van der Waals surface area contributed by atoms with Crippen LogP contribution in [-0.4, -0.2) is 23.8 Å². The Morgan fingerprint density at radius 1 is 1.23 bits per heavy atom. The fourth-order valence-electron chi connectivity index (χ4n) is 1.28. The molecule has 0 aromatic rings. The van der Waals surface area contributed by atoms with Gasteiger partial charge in [0.25, 0.3) is 0 Å². The largest absolute Gasteiger partial charge is 0.392 e. The van der Waals surface area contributed by atoms with Crippen LogP contribution in [0.25, 0.3) is 0 Å². The minimum absolute atomic E-state index is 0.173. The highest BCUT2D eigenvalue weighted by molar-refractivity contribution is 4.64. The Labute approximate surface area is 82.7 Å². The first-order valence-corrected chi connectivity index (χ1v) is 5.62. The Bertz CT molecular complexity index is 106. The molecule has 0 aliphatic carbocycles. The first-order valence-electron chi connectivity index (χ1n) is 5.62. The number of hydrogen-bond donors (Lipinski definition) is 2. The molecule has 2 N–H and O–H groups in total. The van der Waals surface area contributed by atoms with E-state index in [1.54, 1.807) is 0 Å². The molecule has 0 aromatic carbocycles. The van der Waals surface area contributed by atoms with Crippen molar-refractivity contribution in [3.8, 4) is 0 Å². The van der Waals surface area contributed by atoms with Gasteiger partial charge in [-0.25, -0.2) is 0 Å². The van der Waals surface area contributed by atoms with Gasteiger partial charge in [0.15, 0.2) is 0 Å². The maximum atomic E-state index is 9.32. The highest BCUT2D eigenvalue weighted by atomic mass is 16.3. The van der Waals surface area contributed by atoms with Crippen LogP contribution in [0.5, 0.6) is 0 Å². The highest BCUT2D eigenvalue weighted by Crippen LogP contribution is 2.02. The molecular weight excluding hydrogens is 162 g/mol. The van der Waals surface area contributed by atoms with Crippen LogP contribution in [0.2, 0.25) is 0 Å². The number of aliphatic hydroxyl groups excluding tert-OH is 1. The van der Waals surface area contributed by atoms with Gasteiger partial charge in [0.05, 0.1) is 6.10 Å². The number of nitrogens with one attached hydrogen (secondary N) is 1. The van der Waals surface area contributed by atoms with Gasteiger partial charge in [-0.2, -0.15) is 0 Å². The van der Waals surface area contributed by atoms with E-state index in [1.165, 1.54) is 25.7 Å². The minimum atomic E-state index is -0.173. The van der Waals surface area contributed by atoms with Gasteiger partial charge >= 0.3 is 0 Å². The maximum Gasteiger partial charge on any atom is 0.0662 e. The van der Waals surface area contributed by atoms with E-state index < -0.39 is 0 Å². The summed E-state index contributed by atoms with van der Waals surface area (Å²) in [6, 6.07) is 0.549. The molecule has 0 aliphatic heterocycles. The van der Waals surface area contributed by atoms with E-state index in [2.05, 4.69) is 19.2 Å². The Morgan fingerprint density at radius 3 is 2.46 bits per heavy atom. The molecule has 0 radical (unpaired) electrons. The number of hydrogen-bond acceptors (Lipinski definition) is 2. The highest BCUT2D eigenvalue weighted by Gasteiger charge is 2.04. The molecule has 13 heavy (non-hydrogen) atoms. The molecule has 0 heterocycles. The van der Waals surface area contributed by atoms with Crippen molar-refractivity contribution in [3.63, 3.8) is 0 Å². The van der Waals surface area contributed by atoms with Gasteiger partial charge in [-0.1, -0.05) is 33.1 Å². The summed E-state index contributed by atoms with van der Waals surface area (Å²) < 4.78 is 0. The summed E-state index contributed by atoms with van der Waals surface area (Å²) in [5.41, 5.74) is 0. The van der Waals surface area contributed by atoms with E-state index >= 15 is 0 Å². The molecule has 2 unspecified atom stereocenters. The van der Waals surface area contributed by atoms with Gasteiger partial charge < -0.3 is 10.4 Å². The lowest BCUT2D eigenvalue weighted by Crippen LogP contribution is -2.33. The summed E-state index contributed by atoms with van der Waals surface area (Å²) in [4.78, 5) is 0. The van der Waals surface area contributed by atoms with Crippen molar-refractivity contribution in [2.24, 2.45) is 0 Å².